The zero-order chi connectivity index (χ0) is 18.1. The van der Waals surface area contributed by atoms with Crippen LogP contribution in [0.2, 0.25) is 0 Å². The molecule has 1 aromatic carbocycles. The minimum atomic E-state index is -1.27. The molecule has 0 unspecified atom stereocenters. The van der Waals surface area contributed by atoms with Crippen LogP contribution in [0, 0.1) is 6.92 Å². The predicted octanol–water partition coefficient (Wildman–Crippen LogP) is 2.86. The van der Waals surface area contributed by atoms with Crippen molar-refractivity contribution in [2.75, 3.05) is 5.32 Å². The summed E-state index contributed by atoms with van der Waals surface area (Å²) in [4.78, 5) is 28.3. The van der Waals surface area contributed by atoms with Gasteiger partial charge >= 0.3 is 5.97 Å². The highest BCUT2D eigenvalue weighted by Gasteiger charge is 2.19. The topological polar surface area (TPSA) is 104 Å². The largest absolute Gasteiger partial charge is 0.507 e. The van der Waals surface area contributed by atoms with Crippen LogP contribution in [0.4, 0.5) is 5.69 Å². The predicted molar refractivity (Wildman–Crippen MR) is 92.3 cm³/mol. The second-order valence-electron chi connectivity index (χ2n) is 5.68. The fourth-order valence-corrected chi connectivity index (χ4v) is 2.66. The molecule has 0 saturated carbocycles. The number of carbonyl (C=O) groups excluding carboxylic acids is 1. The summed E-state index contributed by atoms with van der Waals surface area (Å²) < 4.78 is 1.71. The highest BCUT2D eigenvalue weighted by molar-refractivity contribution is 6.05. The molecule has 25 heavy (non-hydrogen) atoms. The van der Waals surface area contributed by atoms with E-state index in [1.54, 1.807) is 10.6 Å². The molecular formula is C18H17N3O4. The van der Waals surface area contributed by atoms with Gasteiger partial charge in [0, 0.05) is 11.9 Å². The number of carboxylic acids is 1. The molecule has 0 radical (unpaired) electrons. The summed E-state index contributed by atoms with van der Waals surface area (Å²) in [6.45, 7) is 3.86. The highest BCUT2D eigenvalue weighted by atomic mass is 16.4. The summed E-state index contributed by atoms with van der Waals surface area (Å²) in [6.07, 6.45) is 2.37. The van der Waals surface area contributed by atoms with E-state index in [1.807, 2.05) is 26.0 Å². The van der Waals surface area contributed by atoms with Crippen molar-refractivity contribution in [1.82, 2.24) is 9.38 Å². The lowest BCUT2D eigenvalue weighted by atomic mass is 10.1. The number of pyridine rings is 1. The van der Waals surface area contributed by atoms with Gasteiger partial charge in [0.25, 0.3) is 5.91 Å². The molecule has 0 fully saturated rings. The Balaban J connectivity index is 2.00. The first-order valence-electron chi connectivity index (χ1n) is 7.76. The number of hydrogen-bond donors (Lipinski definition) is 3. The van der Waals surface area contributed by atoms with Crippen LogP contribution >= 0.6 is 0 Å². The van der Waals surface area contributed by atoms with E-state index in [0.717, 1.165) is 5.56 Å². The molecule has 1 amide bonds. The molecule has 7 nitrogen and oxygen atoms in total. The number of aromatic nitrogens is 2. The lowest BCUT2D eigenvalue weighted by Gasteiger charge is -2.08. The first kappa shape index (κ1) is 16.5. The number of benzene rings is 1. The van der Waals surface area contributed by atoms with E-state index in [-0.39, 0.29) is 17.0 Å². The molecule has 0 atom stereocenters. The number of aromatic carboxylic acids is 1. The van der Waals surface area contributed by atoms with Gasteiger partial charge in [0.15, 0.2) is 0 Å². The van der Waals surface area contributed by atoms with Gasteiger partial charge in [0.1, 0.15) is 22.7 Å². The number of carboxylic acid groups (broad SMARTS) is 1. The molecule has 0 aliphatic heterocycles. The summed E-state index contributed by atoms with van der Waals surface area (Å²) >= 11 is 0. The summed E-state index contributed by atoms with van der Waals surface area (Å²) in [6, 6.07) is 7.66. The van der Waals surface area contributed by atoms with Crippen molar-refractivity contribution in [3.63, 3.8) is 0 Å². The Morgan fingerprint density at radius 3 is 2.68 bits per heavy atom. The average Bonchev–Trinajstić information content (AvgIpc) is 2.93. The van der Waals surface area contributed by atoms with Crippen LogP contribution in [0.3, 0.4) is 0 Å². The van der Waals surface area contributed by atoms with Gasteiger partial charge in [-0.2, -0.15) is 0 Å². The number of hydrogen-bond acceptors (Lipinski definition) is 4. The van der Waals surface area contributed by atoms with E-state index in [9.17, 15) is 14.7 Å². The second kappa shape index (κ2) is 6.27. The summed E-state index contributed by atoms with van der Waals surface area (Å²) in [5, 5.41) is 21.3. The summed E-state index contributed by atoms with van der Waals surface area (Å²) in [5.74, 6) is -2.02. The van der Waals surface area contributed by atoms with Crippen molar-refractivity contribution < 1.29 is 19.8 Å². The standard InChI is InChI=1S/C18H17N3O4/c1-3-13-16(21-7-6-10(2)8-15(21)20-13)17(23)19-11-4-5-14(22)12(9-11)18(24)25/h4-9,22H,3H2,1-2H3,(H,19,23)(H,24,25). The second-order valence-corrected chi connectivity index (χ2v) is 5.68. The van der Waals surface area contributed by atoms with Crippen LogP contribution in [0.5, 0.6) is 5.75 Å². The maximum Gasteiger partial charge on any atom is 0.339 e. The molecule has 2 heterocycles. The molecule has 0 bridgehead atoms. The van der Waals surface area contributed by atoms with Crippen molar-refractivity contribution in [3.05, 3.63) is 59.0 Å². The molecule has 0 aliphatic carbocycles. The highest BCUT2D eigenvalue weighted by Crippen LogP contribution is 2.23. The van der Waals surface area contributed by atoms with Crippen molar-refractivity contribution >= 4 is 23.2 Å². The number of amides is 1. The third kappa shape index (κ3) is 3.03. The van der Waals surface area contributed by atoms with Gasteiger partial charge in [-0.05, 0) is 49.2 Å². The number of phenols is 1. The number of carbonyl (C=O) groups is 2. The van der Waals surface area contributed by atoms with E-state index in [4.69, 9.17) is 5.11 Å². The SMILES string of the molecule is CCc1nc2cc(C)ccn2c1C(=O)Nc1ccc(O)c(C(=O)O)c1. The molecule has 3 N–H and O–H groups in total. The van der Waals surface area contributed by atoms with Crippen molar-refractivity contribution in [3.8, 4) is 5.75 Å². The number of anilines is 1. The Morgan fingerprint density at radius 2 is 2.00 bits per heavy atom. The molecule has 2 aromatic heterocycles. The first-order chi connectivity index (χ1) is 11.9. The Bertz CT molecular complexity index is 991. The van der Waals surface area contributed by atoms with Gasteiger partial charge < -0.3 is 15.5 Å². The number of imidazole rings is 1. The van der Waals surface area contributed by atoms with Gasteiger partial charge in [-0.15, -0.1) is 0 Å². The maximum atomic E-state index is 12.7. The number of nitrogens with zero attached hydrogens (tertiary/aromatic N) is 2. The molecule has 128 valence electrons. The number of aryl methyl sites for hydroxylation is 2. The number of nitrogens with one attached hydrogen (secondary N) is 1. The first-order valence-corrected chi connectivity index (χ1v) is 7.76. The van der Waals surface area contributed by atoms with E-state index < -0.39 is 11.9 Å². The Kier molecular flexibility index (Phi) is 4.14. The van der Waals surface area contributed by atoms with Gasteiger partial charge in [-0.3, -0.25) is 9.20 Å². The Morgan fingerprint density at radius 1 is 1.24 bits per heavy atom. The van der Waals surface area contributed by atoms with Crippen LogP contribution in [-0.2, 0) is 6.42 Å². The van der Waals surface area contributed by atoms with Crippen LogP contribution in [0.15, 0.2) is 36.5 Å². The zero-order valence-corrected chi connectivity index (χ0v) is 13.8. The van der Waals surface area contributed by atoms with Crippen molar-refractivity contribution in [2.24, 2.45) is 0 Å². The zero-order valence-electron chi connectivity index (χ0n) is 13.8. The smallest absolute Gasteiger partial charge is 0.339 e. The normalized spacial score (nSPS) is 10.8. The van der Waals surface area contributed by atoms with Crippen LogP contribution in [0.1, 0.15) is 39.0 Å². The summed E-state index contributed by atoms with van der Waals surface area (Å²) in [5.41, 5.74) is 2.78. The fraction of sp³-hybridized carbons (Fsp3) is 0.167. The monoisotopic (exact) mass is 339 g/mol. The van der Waals surface area contributed by atoms with Crippen LogP contribution < -0.4 is 5.32 Å². The molecule has 0 spiro atoms. The van der Waals surface area contributed by atoms with Crippen LogP contribution in [0.25, 0.3) is 5.65 Å². The number of aromatic hydroxyl groups is 1. The van der Waals surface area contributed by atoms with E-state index in [2.05, 4.69) is 10.3 Å². The minimum absolute atomic E-state index is 0.276. The Labute approximate surface area is 143 Å². The molecule has 3 rings (SSSR count). The third-order valence-corrected chi connectivity index (χ3v) is 3.89. The molecule has 7 heteroatoms. The van der Waals surface area contributed by atoms with Gasteiger partial charge in [-0.25, -0.2) is 9.78 Å². The van der Waals surface area contributed by atoms with E-state index in [0.29, 0.717) is 23.5 Å². The molecule has 0 saturated heterocycles. The van der Waals surface area contributed by atoms with Gasteiger partial charge in [0.2, 0.25) is 0 Å². The quantitative estimate of drug-likeness (QED) is 0.634. The number of fused-ring (bicyclic) bond motifs is 1. The Hall–Kier alpha value is -3.35. The van der Waals surface area contributed by atoms with Crippen molar-refractivity contribution in [2.45, 2.75) is 20.3 Å². The average molecular weight is 339 g/mol. The third-order valence-electron chi connectivity index (χ3n) is 3.89. The van der Waals surface area contributed by atoms with Gasteiger partial charge in [0.05, 0.1) is 5.69 Å². The maximum absolute atomic E-state index is 12.7. The van der Waals surface area contributed by atoms with Crippen LogP contribution in [-0.4, -0.2) is 31.5 Å². The summed E-state index contributed by atoms with van der Waals surface area (Å²) in [7, 11) is 0. The fourth-order valence-electron chi connectivity index (χ4n) is 2.66. The molecular weight excluding hydrogens is 322 g/mol. The van der Waals surface area contributed by atoms with Crippen molar-refractivity contribution in [1.29, 1.82) is 0 Å². The van der Waals surface area contributed by atoms with E-state index in [1.165, 1.54) is 18.2 Å². The molecule has 0 aliphatic rings. The molecule has 3 aromatic rings. The van der Waals surface area contributed by atoms with E-state index >= 15 is 0 Å². The minimum Gasteiger partial charge on any atom is -0.507 e. The lowest BCUT2D eigenvalue weighted by molar-refractivity contribution is 0.0693. The number of rotatable bonds is 4. The van der Waals surface area contributed by atoms with Gasteiger partial charge in [-0.1, -0.05) is 6.92 Å². The lowest BCUT2D eigenvalue weighted by Crippen LogP contribution is -2.16.